The van der Waals surface area contributed by atoms with Gasteiger partial charge >= 0.3 is 17.9 Å². The van der Waals surface area contributed by atoms with Crippen LogP contribution in [0.25, 0.3) is 0 Å². The number of esters is 2. The Morgan fingerprint density at radius 2 is 1.64 bits per heavy atom. The zero-order valence-electron chi connectivity index (χ0n) is 15.0. The second-order valence-electron chi connectivity index (χ2n) is 6.88. The van der Waals surface area contributed by atoms with Crippen molar-refractivity contribution in [2.45, 2.75) is 45.2 Å². The molecule has 25 heavy (non-hydrogen) atoms. The van der Waals surface area contributed by atoms with Crippen molar-refractivity contribution in [3.8, 4) is 5.75 Å². The minimum Gasteiger partial charge on any atom is -0.465 e. The van der Waals surface area contributed by atoms with Gasteiger partial charge in [-0.25, -0.2) is 14.5 Å². The predicted molar refractivity (Wildman–Crippen MR) is 88.9 cm³/mol. The summed E-state index contributed by atoms with van der Waals surface area (Å²) >= 11 is 0. The number of ether oxygens (including phenoxy) is 3. The highest BCUT2D eigenvalue weighted by Gasteiger charge is 2.51. The van der Waals surface area contributed by atoms with E-state index < -0.39 is 23.5 Å². The number of nitrogens with zero attached hydrogens (tertiary/aromatic N) is 1. The van der Waals surface area contributed by atoms with Gasteiger partial charge < -0.3 is 14.2 Å². The van der Waals surface area contributed by atoms with Gasteiger partial charge in [-0.1, -0.05) is 0 Å². The molecule has 1 aliphatic heterocycles. The van der Waals surface area contributed by atoms with Crippen LogP contribution in [0.3, 0.4) is 0 Å². The Balaban J connectivity index is 2.23. The number of likely N-dealkylation sites (tertiary alicyclic amines) is 1. The summed E-state index contributed by atoms with van der Waals surface area (Å²) < 4.78 is 30.8. The first-order chi connectivity index (χ1) is 11.7. The molecule has 1 aromatic rings. The van der Waals surface area contributed by atoms with Crippen molar-refractivity contribution in [1.82, 2.24) is 4.90 Å². The van der Waals surface area contributed by atoms with Crippen molar-refractivity contribution in [1.29, 1.82) is 0 Å². The van der Waals surface area contributed by atoms with E-state index >= 15 is 4.39 Å². The number of hydrogen-bond donors (Lipinski definition) is 0. The Kier molecular flexibility index (Phi) is 5.67. The lowest BCUT2D eigenvalue weighted by atomic mass is 10.2. The van der Waals surface area contributed by atoms with Crippen LogP contribution in [0.1, 0.15) is 44.0 Å². The molecule has 0 N–H and O–H groups in total. The molecule has 1 fully saturated rings. The highest BCUT2D eigenvalue weighted by atomic mass is 19.2. The van der Waals surface area contributed by atoms with E-state index in [1.807, 2.05) is 0 Å². The van der Waals surface area contributed by atoms with Crippen LogP contribution in [-0.2, 0) is 14.3 Å². The first-order valence-corrected chi connectivity index (χ1v) is 8.20. The van der Waals surface area contributed by atoms with Crippen LogP contribution in [-0.4, -0.2) is 48.6 Å². The Bertz CT molecular complexity index is 619. The lowest BCUT2D eigenvalue weighted by molar-refractivity contribution is -0.226. The van der Waals surface area contributed by atoms with E-state index in [4.69, 9.17) is 9.47 Å². The molecule has 1 unspecified atom stereocenters. The molecule has 1 aromatic carbocycles. The Morgan fingerprint density at radius 3 is 2.12 bits per heavy atom. The topological polar surface area (TPSA) is 65.1 Å². The van der Waals surface area contributed by atoms with Crippen molar-refractivity contribution in [2.24, 2.45) is 0 Å². The van der Waals surface area contributed by atoms with E-state index in [-0.39, 0.29) is 5.75 Å². The molecule has 0 amide bonds. The molecule has 1 atom stereocenters. The van der Waals surface area contributed by atoms with Gasteiger partial charge in [0.05, 0.1) is 12.7 Å². The predicted octanol–water partition coefficient (Wildman–Crippen LogP) is 2.91. The standard InChI is InChI=1S/C18H24FNO5/c1-17(2,3)25-16(22)18(19,20-11-5-6-12-20)24-14-9-7-13(8-10-14)15(21)23-4/h7-10H,5-6,11-12H2,1-4H3. The Hall–Kier alpha value is -2.15. The van der Waals surface area contributed by atoms with Gasteiger partial charge in [-0.05, 0) is 57.9 Å². The fraction of sp³-hybridized carbons (Fsp3) is 0.556. The smallest absolute Gasteiger partial charge is 0.410 e. The van der Waals surface area contributed by atoms with E-state index in [2.05, 4.69) is 4.74 Å². The number of carbonyl (C=O) groups is 2. The lowest BCUT2D eigenvalue weighted by Gasteiger charge is -2.34. The molecule has 0 aliphatic carbocycles. The summed E-state index contributed by atoms with van der Waals surface area (Å²) in [7, 11) is 1.27. The lowest BCUT2D eigenvalue weighted by Crippen LogP contribution is -2.56. The molecule has 1 heterocycles. The van der Waals surface area contributed by atoms with Gasteiger partial charge in [-0.15, -0.1) is 0 Å². The molecule has 2 rings (SSSR count). The fourth-order valence-electron chi connectivity index (χ4n) is 2.51. The third-order valence-corrected chi connectivity index (χ3v) is 3.69. The van der Waals surface area contributed by atoms with E-state index in [9.17, 15) is 9.59 Å². The highest BCUT2D eigenvalue weighted by molar-refractivity contribution is 5.89. The minimum atomic E-state index is -2.71. The van der Waals surface area contributed by atoms with Gasteiger partial charge in [0.2, 0.25) is 0 Å². The zero-order chi connectivity index (χ0) is 18.7. The first kappa shape index (κ1) is 19.2. The van der Waals surface area contributed by atoms with Gasteiger partial charge in [0.15, 0.2) is 0 Å². The molecular weight excluding hydrogens is 329 g/mol. The second kappa shape index (κ2) is 7.39. The van der Waals surface area contributed by atoms with E-state index in [0.29, 0.717) is 18.7 Å². The first-order valence-electron chi connectivity index (χ1n) is 8.20. The van der Waals surface area contributed by atoms with Crippen LogP contribution >= 0.6 is 0 Å². The maximum absolute atomic E-state index is 15.6. The van der Waals surface area contributed by atoms with Crippen molar-refractivity contribution < 1.29 is 28.2 Å². The quantitative estimate of drug-likeness (QED) is 0.599. The molecular formula is C18H24FNO5. The third kappa shape index (κ3) is 4.69. The Morgan fingerprint density at radius 1 is 1.08 bits per heavy atom. The largest absolute Gasteiger partial charge is 0.465 e. The van der Waals surface area contributed by atoms with Crippen molar-refractivity contribution >= 4 is 11.9 Å². The highest BCUT2D eigenvalue weighted by Crippen LogP contribution is 2.30. The number of halogens is 1. The maximum atomic E-state index is 15.6. The second-order valence-corrected chi connectivity index (χ2v) is 6.88. The number of carbonyl (C=O) groups excluding carboxylic acids is 2. The van der Waals surface area contributed by atoms with Crippen molar-refractivity contribution in [3.63, 3.8) is 0 Å². The van der Waals surface area contributed by atoms with Crippen LogP contribution in [0.5, 0.6) is 5.75 Å². The number of benzene rings is 1. The maximum Gasteiger partial charge on any atom is 0.410 e. The van der Waals surface area contributed by atoms with E-state index in [1.165, 1.54) is 36.3 Å². The van der Waals surface area contributed by atoms with Crippen molar-refractivity contribution in [3.05, 3.63) is 29.8 Å². The molecule has 1 aliphatic rings. The number of alkyl halides is 1. The van der Waals surface area contributed by atoms with Crippen molar-refractivity contribution in [2.75, 3.05) is 20.2 Å². The van der Waals surface area contributed by atoms with Crippen LogP contribution in [0.15, 0.2) is 24.3 Å². The molecule has 6 nitrogen and oxygen atoms in total. The fourth-order valence-corrected chi connectivity index (χ4v) is 2.51. The Labute approximate surface area is 146 Å². The normalized spacial score (nSPS) is 17.6. The van der Waals surface area contributed by atoms with E-state index in [0.717, 1.165) is 12.8 Å². The SMILES string of the molecule is COC(=O)c1ccc(OC(F)(C(=O)OC(C)(C)C)N2CCCC2)cc1. The van der Waals surface area contributed by atoms with Crippen LogP contribution in [0.4, 0.5) is 4.39 Å². The zero-order valence-corrected chi connectivity index (χ0v) is 15.0. The number of rotatable bonds is 5. The molecule has 1 saturated heterocycles. The minimum absolute atomic E-state index is 0.118. The number of methoxy groups -OCH3 is 1. The monoisotopic (exact) mass is 353 g/mol. The summed E-state index contributed by atoms with van der Waals surface area (Å²) in [6.07, 6.45) is 1.55. The molecule has 0 radical (unpaired) electrons. The molecule has 0 saturated carbocycles. The summed E-state index contributed by atoms with van der Waals surface area (Å²) in [6, 6.07) is 5.73. The summed E-state index contributed by atoms with van der Waals surface area (Å²) in [5, 5.41) is 0. The molecule has 0 bridgehead atoms. The number of hydrogen-bond acceptors (Lipinski definition) is 6. The van der Waals surface area contributed by atoms with E-state index in [1.54, 1.807) is 20.8 Å². The average Bonchev–Trinajstić information content (AvgIpc) is 3.08. The van der Waals surface area contributed by atoms with Gasteiger partial charge in [0, 0.05) is 13.1 Å². The van der Waals surface area contributed by atoms with Crippen LogP contribution in [0.2, 0.25) is 0 Å². The third-order valence-electron chi connectivity index (χ3n) is 3.69. The summed E-state index contributed by atoms with van der Waals surface area (Å²) in [5.74, 6) is -4.19. The summed E-state index contributed by atoms with van der Waals surface area (Å²) in [6.45, 7) is 5.80. The van der Waals surface area contributed by atoms with Gasteiger partial charge in [-0.3, -0.25) is 0 Å². The molecule has 7 heteroatoms. The van der Waals surface area contributed by atoms with Crippen LogP contribution in [0, 0.1) is 0 Å². The molecule has 0 aromatic heterocycles. The van der Waals surface area contributed by atoms with Gasteiger partial charge in [0.1, 0.15) is 11.4 Å². The molecule has 0 spiro atoms. The van der Waals surface area contributed by atoms with Gasteiger partial charge in [-0.2, -0.15) is 4.39 Å². The average molecular weight is 353 g/mol. The van der Waals surface area contributed by atoms with Crippen LogP contribution < -0.4 is 4.74 Å². The summed E-state index contributed by atoms with van der Waals surface area (Å²) in [4.78, 5) is 25.2. The van der Waals surface area contributed by atoms with Gasteiger partial charge in [0.25, 0.3) is 0 Å². The summed E-state index contributed by atoms with van der Waals surface area (Å²) in [5.41, 5.74) is -0.538. The molecule has 138 valence electrons.